The Hall–Kier alpha value is -2.66. The molecule has 3 rings (SSSR count). The van der Waals surface area contributed by atoms with Crippen LogP contribution in [0.25, 0.3) is 0 Å². The molecule has 0 atom stereocenters. The molecular weight excluding hydrogens is 304 g/mol. The Morgan fingerprint density at radius 1 is 1.17 bits per heavy atom. The van der Waals surface area contributed by atoms with Crippen molar-refractivity contribution in [1.82, 2.24) is 0 Å². The molecule has 1 saturated heterocycles. The van der Waals surface area contributed by atoms with Gasteiger partial charge >= 0.3 is 5.97 Å². The summed E-state index contributed by atoms with van der Waals surface area (Å²) in [6.07, 6.45) is 1.80. The van der Waals surface area contributed by atoms with Crippen molar-refractivity contribution in [3.63, 3.8) is 0 Å². The molecule has 0 unspecified atom stereocenters. The van der Waals surface area contributed by atoms with Gasteiger partial charge in [-0.05, 0) is 48.4 Å². The van der Waals surface area contributed by atoms with E-state index >= 15 is 0 Å². The lowest BCUT2D eigenvalue weighted by Crippen LogP contribution is -2.36. The molecule has 0 aromatic heterocycles. The number of aliphatic imine (C=N–C) groups is 1. The minimum atomic E-state index is -0.924. The molecule has 1 heterocycles. The summed E-state index contributed by atoms with van der Waals surface area (Å²) in [4.78, 5) is 17.7. The van der Waals surface area contributed by atoms with Gasteiger partial charge in [0.1, 0.15) is 0 Å². The molecule has 24 heavy (non-hydrogen) atoms. The summed E-state index contributed by atoms with van der Waals surface area (Å²) in [5.41, 5.74) is 4.10. The van der Waals surface area contributed by atoms with E-state index in [0.717, 1.165) is 43.1 Å². The van der Waals surface area contributed by atoms with E-state index in [1.807, 2.05) is 19.1 Å². The zero-order valence-corrected chi connectivity index (χ0v) is 13.6. The normalized spacial score (nSPS) is 15.0. The maximum absolute atomic E-state index is 11.0. The molecule has 1 N–H and O–H groups in total. The van der Waals surface area contributed by atoms with Gasteiger partial charge in [0, 0.05) is 25.0 Å². The van der Waals surface area contributed by atoms with Gasteiger partial charge in [0.15, 0.2) is 0 Å². The first kappa shape index (κ1) is 16.2. The molecule has 2 aromatic rings. The number of aromatic carboxylic acids is 1. The van der Waals surface area contributed by atoms with Crippen LogP contribution >= 0.6 is 0 Å². The Kier molecular flexibility index (Phi) is 4.91. The molecule has 5 heteroatoms. The molecule has 124 valence electrons. The number of benzene rings is 2. The van der Waals surface area contributed by atoms with Crippen molar-refractivity contribution in [3.05, 3.63) is 59.2 Å². The number of hydrogen-bond donors (Lipinski definition) is 1. The maximum Gasteiger partial charge on any atom is 0.335 e. The van der Waals surface area contributed by atoms with Crippen LogP contribution in [0.1, 0.15) is 21.5 Å². The number of hydrogen-bond acceptors (Lipinski definition) is 4. The quantitative estimate of drug-likeness (QED) is 0.877. The summed E-state index contributed by atoms with van der Waals surface area (Å²) in [6.45, 7) is 5.25. The molecule has 5 nitrogen and oxygen atoms in total. The van der Waals surface area contributed by atoms with E-state index in [2.05, 4.69) is 22.0 Å². The van der Waals surface area contributed by atoms with Crippen molar-refractivity contribution in [2.75, 3.05) is 31.2 Å². The van der Waals surface area contributed by atoms with Gasteiger partial charge < -0.3 is 14.7 Å². The number of ether oxygens (including phenoxy) is 1. The number of anilines is 1. The van der Waals surface area contributed by atoms with Crippen LogP contribution in [0.4, 0.5) is 11.4 Å². The number of aryl methyl sites for hydroxylation is 1. The summed E-state index contributed by atoms with van der Waals surface area (Å²) in [5.74, 6) is -0.924. The minimum absolute atomic E-state index is 0.279. The molecule has 1 fully saturated rings. The van der Waals surface area contributed by atoms with E-state index in [4.69, 9.17) is 9.84 Å². The van der Waals surface area contributed by atoms with Crippen LogP contribution in [-0.2, 0) is 4.74 Å². The van der Waals surface area contributed by atoms with Crippen LogP contribution in [0.2, 0.25) is 0 Å². The average molecular weight is 324 g/mol. The standard InChI is InChI=1S/C19H20N2O3/c1-14-12-16(19(22)23)4-7-18(14)20-13-15-2-5-17(6-3-15)21-8-10-24-11-9-21/h2-7,12-13H,8-11H2,1H3,(H,22,23). The molecule has 1 aliphatic heterocycles. The van der Waals surface area contributed by atoms with Crippen molar-refractivity contribution < 1.29 is 14.6 Å². The number of carbonyl (C=O) groups is 1. The molecule has 0 spiro atoms. The molecular formula is C19H20N2O3. The van der Waals surface area contributed by atoms with Crippen LogP contribution in [0, 0.1) is 6.92 Å². The Morgan fingerprint density at radius 3 is 2.50 bits per heavy atom. The topological polar surface area (TPSA) is 62.1 Å². The smallest absolute Gasteiger partial charge is 0.335 e. The lowest BCUT2D eigenvalue weighted by Gasteiger charge is -2.28. The fraction of sp³-hybridized carbons (Fsp3) is 0.263. The van der Waals surface area contributed by atoms with Gasteiger partial charge in [0.05, 0.1) is 24.5 Å². The second-order valence-corrected chi connectivity index (χ2v) is 5.76. The van der Waals surface area contributed by atoms with Gasteiger partial charge in [-0.25, -0.2) is 4.79 Å². The summed E-state index contributed by atoms with van der Waals surface area (Å²) in [7, 11) is 0. The fourth-order valence-corrected chi connectivity index (χ4v) is 2.67. The van der Waals surface area contributed by atoms with Crippen molar-refractivity contribution in [2.45, 2.75) is 6.92 Å². The Morgan fingerprint density at radius 2 is 1.88 bits per heavy atom. The highest BCUT2D eigenvalue weighted by molar-refractivity contribution is 5.89. The van der Waals surface area contributed by atoms with Gasteiger partial charge in [-0.2, -0.15) is 0 Å². The van der Waals surface area contributed by atoms with E-state index in [0.29, 0.717) is 0 Å². The SMILES string of the molecule is Cc1cc(C(=O)O)ccc1N=Cc1ccc(N2CCOCC2)cc1. The van der Waals surface area contributed by atoms with Crippen LogP contribution in [0.3, 0.4) is 0 Å². The third-order valence-corrected chi connectivity index (χ3v) is 4.07. The van der Waals surface area contributed by atoms with E-state index in [9.17, 15) is 4.79 Å². The second kappa shape index (κ2) is 7.27. The number of carboxylic acid groups (broad SMARTS) is 1. The van der Waals surface area contributed by atoms with Crippen LogP contribution in [0.5, 0.6) is 0 Å². The average Bonchev–Trinajstić information content (AvgIpc) is 2.62. The van der Waals surface area contributed by atoms with Crippen molar-refractivity contribution >= 4 is 23.6 Å². The van der Waals surface area contributed by atoms with Gasteiger partial charge in [0.25, 0.3) is 0 Å². The van der Waals surface area contributed by atoms with Crippen LogP contribution < -0.4 is 4.90 Å². The molecule has 1 aliphatic rings. The summed E-state index contributed by atoms with van der Waals surface area (Å²) < 4.78 is 5.37. The minimum Gasteiger partial charge on any atom is -0.478 e. The summed E-state index contributed by atoms with van der Waals surface area (Å²) >= 11 is 0. The number of nitrogens with zero attached hydrogens (tertiary/aromatic N) is 2. The van der Waals surface area contributed by atoms with Crippen molar-refractivity contribution in [1.29, 1.82) is 0 Å². The summed E-state index contributed by atoms with van der Waals surface area (Å²) in [6, 6.07) is 13.2. The first-order valence-electron chi connectivity index (χ1n) is 7.94. The van der Waals surface area contributed by atoms with E-state index < -0.39 is 5.97 Å². The third kappa shape index (κ3) is 3.81. The molecule has 0 saturated carbocycles. The van der Waals surface area contributed by atoms with E-state index in [1.54, 1.807) is 24.4 Å². The fourth-order valence-electron chi connectivity index (χ4n) is 2.67. The van der Waals surface area contributed by atoms with Gasteiger partial charge in [0.2, 0.25) is 0 Å². The molecule has 0 radical (unpaired) electrons. The predicted octanol–water partition coefficient (Wildman–Crippen LogP) is 3.28. The molecule has 0 amide bonds. The lowest BCUT2D eigenvalue weighted by atomic mass is 10.1. The predicted molar refractivity (Wildman–Crippen MR) is 94.9 cm³/mol. The number of rotatable bonds is 4. The second-order valence-electron chi connectivity index (χ2n) is 5.76. The maximum atomic E-state index is 11.0. The molecule has 2 aromatic carbocycles. The molecule has 0 aliphatic carbocycles. The number of morpholine rings is 1. The van der Waals surface area contributed by atoms with Crippen LogP contribution in [-0.4, -0.2) is 43.6 Å². The Balaban J connectivity index is 1.71. The van der Waals surface area contributed by atoms with E-state index in [1.165, 1.54) is 5.69 Å². The zero-order chi connectivity index (χ0) is 16.9. The summed E-state index contributed by atoms with van der Waals surface area (Å²) in [5, 5.41) is 8.99. The Labute approximate surface area is 141 Å². The highest BCUT2D eigenvalue weighted by Gasteiger charge is 2.10. The highest BCUT2D eigenvalue weighted by Crippen LogP contribution is 2.20. The van der Waals surface area contributed by atoms with Gasteiger partial charge in [-0.3, -0.25) is 4.99 Å². The van der Waals surface area contributed by atoms with Crippen LogP contribution in [0.15, 0.2) is 47.5 Å². The third-order valence-electron chi connectivity index (χ3n) is 4.07. The monoisotopic (exact) mass is 324 g/mol. The van der Waals surface area contributed by atoms with Crippen molar-refractivity contribution in [3.8, 4) is 0 Å². The van der Waals surface area contributed by atoms with Gasteiger partial charge in [-0.1, -0.05) is 12.1 Å². The first-order valence-corrected chi connectivity index (χ1v) is 7.94. The largest absolute Gasteiger partial charge is 0.478 e. The highest BCUT2D eigenvalue weighted by atomic mass is 16.5. The number of carboxylic acids is 1. The lowest BCUT2D eigenvalue weighted by molar-refractivity contribution is 0.0697. The van der Waals surface area contributed by atoms with Gasteiger partial charge in [-0.15, -0.1) is 0 Å². The first-order chi connectivity index (χ1) is 11.6. The van der Waals surface area contributed by atoms with E-state index in [-0.39, 0.29) is 5.56 Å². The zero-order valence-electron chi connectivity index (χ0n) is 13.6. The molecule has 0 bridgehead atoms. The van der Waals surface area contributed by atoms with Crippen molar-refractivity contribution in [2.24, 2.45) is 4.99 Å². The Bertz CT molecular complexity index is 748.